The van der Waals surface area contributed by atoms with Gasteiger partial charge in [-0.2, -0.15) is 0 Å². The van der Waals surface area contributed by atoms with Gasteiger partial charge in [-0.1, -0.05) is 68.4 Å². The van der Waals surface area contributed by atoms with E-state index in [-0.39, 0.29) is 11.9 Å². The molecule has 4 rings (SSSR count). The summed E-state index contributed by atoms with van der Waals surface area (Å²) in [6, 6.07) is 19.0. The summed E-state index contributed by atoms with van der Waals surface area (Å²) in [7, 11) is 0. The monoisotopic (exact) mass is 387 g/mol. The van der Waals surface area contributed by atoms with Crippen molar-refractivity contribution in [2.45, 2.75) is 51.5 Å². The van der Waals surface area contributed by atoms with Crippen molar-refractivity contribution in [1.29, 1.82) is 0 Å². The van der Waals surface area contributed by atoms with Crippen LogP contribution in [0.15, 0.2) is 60.8 Å². The number of hydrogen-bond donors (Lipinski definition) is 1. The Morgan fingerprint density at radius 1 is 1.10 bits per heavy atom. The lowest BCUT2D eigenvalue weighted by Gasteiger charge is -2.23. The largest absolute Gasteiger partial charge is 0.344 e. The molecule has 2 heterocycles. The minimum Gasteiger partial charge on any atom is -0.344 e. The van der Waals surface area contributed by atoms with Crippen molar-refractivity contribution in [3.8, 4) is 11.1 Å². The molecule has 4 heteroatoms. The number of likely N-dealkylation sites (tertiary alicyclic amines) is 1. The van der Waals surface area contributed by atoms with Crippen LogP contribution in [0.2, 0.25) is 0 Å². The molecule has 0 saturated carbocycles. The molecule has 4 nitrogen and oxygen atoms in total. The summed E-state index contributed by atoms with van der Waals surface area (Å²) in [5.74, 6) is 1.58. The predicted octanol–water partition coefficient (Wildman–Crippen LogP) is 5.50. The van der Waals surface area contributed by atoms with E-state index in [4.69, 9.17) is 0 Å². The summed E-state index contributed by atoms with van der Waals surface area (Å²) in [6.45, 7) is 5.13. The van der Waals surface area contributed by atoms with E-state index < -0.39 is 0 Å². The molecule has 1 fully saturated rings. The number of rotatable bonds is 6. The number of aryl methyl sites for hydroxylation is 1. The first-order chi connectivity index (χ1) is 14.1. The van der Waals surface area contributed by atoms with Gasteiger partial charge in [-0.3, -0.25) is 4.79 Å². The minimum absolute atomic E-state index is 0.0930. The van der Waals surface area contributed by atoms with Crippen LogP contribution in [0.25, 0.3) is 11.1 Å². The maximum Gasteiger partial charge on any atom is 0.223 e. The number of H-pyrrole nitrogens is 1. The minimum atomic E-state index is 0.0930. The Hall–Kier alpha value is -2.88. The van der Waals surface area contributed by atoms with E-state index in [1.54, 1.807) is 0 Å². The van der Waals surface area contributed by atoms with Crippen LogP contribution in [0.3, 0.4) is 0 Å². The molecule has 1 N–H and O–H groups in total. The van der Waals surface area contributed by atoms with Crippen molar-refractivity contribution in [3.63, 3.8) is 0 Å². The van der Waals surface area contributed by atoms with Crippen LogP contribution in [0.5, 0.6) is 0 Å². The van der Waals surface area contributed by atoms with Crippen LogP contribution >= 0.6 is 0 Å². The number of aromatic amines is 1. The molecular weight excluding hydrogens is 358 g/mol. The highest BCUT2D eigenvalue weighted by Gasteiger charge is 2.31. The van der Waals surface area contributed by atoms with Gasteiger partial charge in [-0.25, -0.2) is 4.98 Å². The number of imidazole rings is 1. The second-order valence-electron chi connectivity index (χ2n) is 8.19. The lowest BCUT2D eigenvalue weighted by Crippen LogP contribution is -2.31. The molecule has 1 saturated heterocycles. The molecule has 0 unspecified atom stereocenters. The molecule has 0 bridgehead atoms. The van der Waals surface area contributed by atoms with Gasteiger partial charge < -0.3 is 9.88 Å². The SMILES string of the molecule is CC(C)c1cnc([C@@H]2CCCN2C(=O)CCc2ccc(-c3ccccc3)cc2)[nH]1. The standard InChI is InChI=1S/C25H29N3O/c1-18(2)22-17-26-25(27-22)23-9-6-16-28(23)24(29)15-12-19-10-13-21(14-11-19)20-7-4-3-5-8-20/h3-5,7-8,10-11,13-14,17-18,23H,6,9,12,15-16H2,1-2H3,(H,26,27)/t23-/m0/s1. The summed E-state index contributed by atoms with van der Waals surface area (Å²) >= 11 is 0. The number of nitrogens with zero attached hydrogens (tertiary/aromatic N) is 2. The second kappa shape index (κ2) is 8.64. The molecule has 0 radical (unpaired) electrons. The normalized spacial score (nSPS) is 16.5. The van der Waals surface area contributed by atoms with Crippen LogP contribution in [0.1, 0.15) is 62.2 Å². The van der Waals surface area contributed by atoms with E-state index in [1.165, 1.54) is 16.7 Å². The average molecular weight is 388 g/mol. The zero-order chi connectivity index (χ0) is 20.2. The molecule has 1 atom stereocenters. The third-order valence-corrected chi connectivity index (χ3v) is 5.81. The summed E-state index contributed by atoms with van der Waals surface area (Å²) < 4.78 is 0. The van der Waals surface area contributed by atoms with Gasteiger partial charge in [-0.15, -0.1) is 0 Å². The Balaban J connectivity index is 1.37. The van der Waals surface area contributed by atoms with Crippen molar-refractivity contribution in [2.75, 3.05) is 6.54 Å². The molecule has 1 aliphatic rings. The highest BCUT2D eigenvalue weighted by atomic mass is 16.2. The number of benzene rings is 2. The van der Waals surface area contributed by atoms with Crippen molar-refractivity contribution < 1.29 is 4.79 Å². The lowest BCUT2D eigenvalue weighted by molar-refractivity contribution is -0.132. The van der Waals surface area contributed by atoms with Crippen LogP contribution in [0, 0.1) is 0 Å². The van der Waals surface area contributed by atoms with Crippen LogP contribution in [-0.4, -0.2) is 27.3 Å². The number of hydrogen-bond acceptors (Lipinski definition) is 2. The Bertz CT molecular complexity index is 944. The van der Waals surface area contributed by atoms with Gasteiger partial charge in [0.05, 0.1) is 6.04 Å². The molecule has 1 aromatic heterocycles. The Labute approximate surface area is 173 Å². The zero-order valence-electron chi connectivity index (χ0n) is 17.3. The summed E-state index contributed by atoms with van der Waals surface area (Å²) in [5.41, 5.74) is 4.76. The maximum atomic E-state index is 12.9. The van der Waals surface area contributed by atoms with E-state index in [9.17, 15) is 4.79 Å². The fraction of sp³-hybridized carbons (Fsp3) is 0.360. The van der Waals surface area contributed by atoms with E-state index in [1.807, 2.05) is 17.2 Å². The van der Waals surface area contributed by atoms with Crippen molar-refractivity contribution in [3.05, 3.63) is 77.9 Å². The number of aromatic nitrogens is 2. The van der Waals surface area contributed by atoms with E-state index >= 15 is 0 Å². The Kier molecular flexibility index (Phi) is 5.79. The topological polar surface area (TPSA) is 49.0 Å². The quantitative estimate of drug-likeness (QED) is 0.607. The van der Waals surface area contributed by atoms with Crippen molar-refractivity contribution in [1.82, 2.24) is 14.9 Å². The molecule has 0 aliphatic carbocycles. The first-order valence-electron chi connectivity index (χ1n) is 10.6. The Morgan fingerprint density at radius 2 is 1.83 bits per heavy atom. The first-order valence-corrected chi connectivity index (χ1v) is 10.6. The van der Waals surface area contributed by atoms with E-state index in [2.05, 4.69) is 72.3 Å². The van der Waals surface area contributed by atoms with Gasteiger partial charge in [0.2, 0.25) is 5.91 Å². The lowest BCUT2D eigenvalue weighted by atomic mass is 10.0. The number of carbonyl (C=O) groups is 1. The molecule has 2 aromatic carbocycles. The average Bonchev–Trinajstić information content (AvgIpc) is 3.42. The van der Waals surface area contributed by atoms with Gasteiger partial charge >= 0.3 is 0 Å². The maximum absolute atomic E-state index is 12.9. The highest BCUT2D eigenvalue weighted by molar-refractivity contribution is 5.77. The summed E-state index contributed by atoms with van der Waals surface area (Å²) in [6.07, 6.45) is 5.25. The van der Waals surface area contributed by atoms with E-state index in [0.717, 1.165) is 37.3 Å². The van der Waals surface area contributed by atoms with Crippen molar-refractivity contribution in [2.24, 2.45) is 0 Å². The molecule has 1 aliphatic heterocycles. The molecule has 0 spiro atoms. The molecule has 3 aromatic rings. The smallest absolute Gasteiger partial charge is 0.223 e. The van der Waals surface area contributed by atoms with Gasteiger partial charge in [0.25, 0.3) is 0 Å². The van der Waals surface area contributed by atoms with Gasteiger partial charge in [0, 0.05) is 24.9 Å². The molecule has 150 valence electrons. The number of nitrogens with one attached hydrogen (secondary N) is 1. The van der Waals surface area contributed by atoms with Gasteiger partial charge in [0.15, 0.2) is 0 Å². The zero-order valence-corrected chi connectivity index (χ0v) is 17.3. The second-order valence-corrected chi connectivity index (χ2v) is 8.19. The highest BCUT2D eigenvalue weighted by Crippen LogP contribution is 2.31. The predicted molar refractivity (Wildman–Crippen MR) is 117 cm³/mol. The van der Waals surface area contributed by atoms with E-state index in [0.29, 0.717) is 12.3 Å². The number of amides is 1. The fourth-order valence-corrected chi connectivity index (χ4v) is 4.05. The molecule has 29 heavy (non-hydrogen) atoms. The van der Waals surface area contributed by atoms with Gasteiger partial charge in [-0.05, 0) is 41.9 Å². The number of carbonyl (C=O) groups excluding carboxylic acids is 1. The first kappa shape index (κ1) is 19.4. The Morgan fingerprint density at radius 3 is 2.52 bits per heavy atom. The fourth-order valence-electron chi connectivity index (χ4n) is 4.05. The van der Waals surface area contributed by atoms with Crippen molar-refractivity contribution >= 4 is 5.91 Å². The summed E-state index contributed by atoms with van der Waals surface area (Å²) in [5, 5.41) is 0. The summed E-state index contributed by atoms with van der Waals surface area (Å²) in [4.78, 5) is 22.9. The molecular formula is C25H29N3O. The van der Waals surface area contributed by atoms with Crippen LogP contribution in [-0.2, 0) is 11.2 Å². The van der Waals surface area contributed by atoms with Crippen LogP contribution in [0.4, 0.5) is 0 Å². The molecule has 1 amide bonds. The van der Waals surface area contributed by atoms with Gasteiger partial charge in [0.1, 0.15) is 5.82 Å². The third-order valence-electron chi connectivity index (χ3n) is 5.81. The third kappa shape index (κ3) is 4.42. The van der Waals surface area contributed by atoms with Crippen LogP contribution < -0.4 is 0 Å².